The Morgan fingerprint density at radius 1 is 0.454 bits per heavy atom. The molecular formula is C76H87BrClN11O8. The molecule has 2 amide bonds. The smallest absolute Gasteiger partial charge is 0.412 e. The molecule has 0 unspecified atom stereocenters. The molecule has 19 nitrogen and oxygen atoms in total. The Morgan fingerprint density at radius 3 is 1.16 bits per heavy atom. The van der Waals surface area contributed by atoms with Gasteiger partial charge in [0.05, 0.1) is 24.6 Å². The van der Waals surface area contributed by atoms with E-state index in [9.17, 15) is 14.4 Å². The maximum atomic E-state index is 12.3. The van der Waals surface area contributed by atoms with Gasteiger partial charge in [-0.05, 0) is 183 Å². The van der Waals surface area contributed by atoms with Gasteiger partial charge in [0.1, 0.15) is 40.3 Å². The summed E-state index contributed by atoms with van der Waals surface area (Å²) in [6.07, 6.45) is 13.1. The van der Waals surface area contributed by atoms with Gasteiger partial charge in [-0.25, -0.2) is 29.5 Å². The second-order valence-electron chi connectivity index (χ2n) is 24.9. The van der Waals surface area contributed by atoms with E-state index in [1.54, 1.807) is 24.5 Å². The van der Waals surface area contributed by atoms with Crippen LogP contribution in [0.3, 0.4) is 0 Å². The minimum absolute atomic E-state index is 0.339. The van der Waals surface area contributed by atoms with Crippen LogP contribution < -0.4 is 38.5 Å². The normalized spacial score (nSPS) is 14.0. The lowest BCUT2D eigenvalue weighted by atomic mass is 9.98. The van der Waals surface area contributed by atoms with E-state index in [0.717, 1.165) is 145 Å². The van der Waals surface area contributed by atoms with Gasteiger partial charge in [-0.1, -0.05) is 91.0 Å². The Labute approximate surface area is 581 Å². The zero-order valence-electron chi connectivity index (χ0n) is 56.0. The number of carbonyl (C=O) groups is 3. The number of fused-ring (bicyclic) bond motifs is 3. The summed E-state index contributed by atoms with van der Waals surface area (Å²) in [6, 6.07) is 52.3. The van der Waals surface area contributed by atoms with E-state index in [1.807, 2.05) is 157 Å². The number of Topliss-reactive ketones (excluding diaryl/α,β-unsaturated/α-hetero) is 1. The van der Waals surface area contributed by atoms with Crippen molar-refractivity contribution < 1.29 is 38.1 Å². The number of hydrogen-bond acceptors (Lipinski definition) is 17. The van der Waals surface area contributed by atoms with Crippen LogP contribution in [0.4, 0.5) is 49.9 Å². The summed E-state index contributed by atoms with van der Waals surface area (Å²) in [4.78, 5) is 52.0. The number of nitrogens with zero attached hydrogens (tertiary/aromatic N) is 4. The summed E-state index contributed by atoms with van der Waals surface area (Å²) in [6.45, 7) is 15.6. The van der Waals surface area contributed by atoms with Crippen molar-refractivity contribution in [1.82, 2.24) is 19.9 Å². The summed E-state index contributed by atoms with van der Waals surface area (Å²) in [5.74, 6) is 3.17. The predicted molar refractivity (Wildman–Crippen MR) is 398 cm³/mol. The molecule has 0 saturated carbocycles. The Kier molecular flexibility index (Phi) is 27.3. The van der Waals surface area contributed by atoms with Gasteiger partial charge in [0.25, 0.3) is 0 Å². The lowest BCUT2D eigenvalue weighted by Crippen LogP contribution is -2.28. The third kappa shape index (κ3) is 22.9. The Hall–Kier alpha value is -9.44. The molecule has 508 valence electrons. The predicted octanol–water partition coefficient (Wildman–Crippen LogP) is 17.4. The average molecular weight is 1400 g/mol. The molecule has 3 aliphatic heterocycles. The van der Waals surface area contributed by atoms with Gasteiger partial charge < -0.3 is 51.5 Å². The first-order valence-corrected chi connectivity index (χ1v) is 33.7. The van der Waals surface area contributed by atoms with Crippen molar-refractivity contribution in [2.75, 3.05) is 84.5 Å². The number of aromatic nitrogens is 4. The summed E-state index contributed by atoms with van der Waals surface area (Å²) in [5.41, 5.74) is 24.5. The van der Waals surface area contributed by atoms with E-state index >= 15 is 0 Å². The summed E-state index contributed by atoms with van der Waals surface area (Å²) in [7, 11) is 0. The highest BCUT2D eigenvalue weighted by Crippen LogP contribution is 2.37. The van der Waals surface area contributed by atoms with Crippen molar-refractivity contribution in [3.63, 3.8) is 0 Å². The number of ether oxygens (including phenoxy) is 5. The third-order valence-electron chi connectivity index (χ3n) is 15.3. The number of rotatable bonds is 9. The number of benzene rings is 6. The molecule has 0 spiro atoms. The van der Waals surface area contributed by atoms with Gasteiger partial charge in [0.2, 0.25) is 0 Å². The Morgan fingerprint density at radius 2 is 0.814 bits per heavy atom. The van der Waals surface area contributed by atoms with Crippen molar-refractivity contribution >= 4 is 118 Å². The van der Waals surface area contributed by atoms with Crippen molar-refractivity contribution in [2.24, 2.45) is 0 Å². The molecule has 3 fully saturated rings. The van der Waals surface area contributed by atoms with Crippen molar-refractivity contribution in [3.8, 4) is 33.4 Å². The van der Waals surface area contributed by atoms with E-state index < -0.39 is 23.4 Å². The number of nitrogen functional groups attached to an aromatic ring is 3. The molecule has 6 aromatic carbocycles. The summed E-state index contributed by atoms with van der Waals surface area (Å²) >= 11 is 7.87. The van der Waals surface area contributed by atoms with Crippen LogP contribution in [-0.2, 0) is 28.5 Å². The second kappa shape index (κ2) is 36.1. The molecule has 0 atom stereocenters. The van der Waals surface area contributed by atoms with Gasteiger partial charge >= 0.3 is 12.2 Å². The SMILES string of the molecule is CC(C)(C)OC(=O)Nc1ccc(-c2ccc(N)nc2)c2ccccc12.CC(C)(C)OC(=O)Nc1ccc(-c2ccc(NC3CCOCC3)nc2)c2ccccc12.CCl.Nc1ccc(-c2ccc(NC3CCOCC3)nc2)c2ccccc12.Nc1ccc(Br)cn1.O=C1CCOCC1. The standard InChI is InChI=1S/C25H29N3O3.C20H21N3O2.C20H21N3O.C5H5BrN2.C5H8O2.CH3Cl/c1-25(2,3)31-24(29)28-22-10-9-19(20-6-4-5-7-21(20)22)17-8-11-23(26-16-17)27-18-12-14-30-15-13-18;1-20(2,3)25-19(24)23-17-10-9-14(13-8-11-18(21)22-12-13)15-6-4-5-7-16(15)17;21-19-7-6-16(17-3-1-2-4-18(17)19)14-5-8-20(22-13-14)23-15-9-11-24-12-10-15;6-4-1-2-5(7)8-3-4;6-5-1-3-7-4-2-5;1-2/h4-11,16,18H,12-15H2,1-3H3,(H,26,27)(H,28,29);4-12H,1-3H3,(H2,21,22)(H,23,24);1-8,13,15H,9-12,21H2,(H,22,23);1-3H,(H2,7,8);1-4H2;1H3. The number of carbonyl (C=O) groups excluding carboxylic acids is 3. The van der Waals surface area contributed by atoms with Crippen molar-refractivity contribution in [2.45, 2.75) is 103 Å². The van der Waals surface area contributed by atoms with Crippen LogP contribution in [0.5, 0.6) is 0 Å². The fourth-order valence-electron chi connectivity index (χ4n) is 10.7. The molecule has 3 aliphatic rings. The molecule has 21 heteroatoms. The van der Waals surface area contributed by atoms with Gasteiger partial charge in [0.15, 0.2) is 0 Å². The van der Waals surface area contributed by atoms with Crippen LogP contribution in [0, 0.1) is 0 Å². The molecular weight excluding hydrogens is 1310 g/mol. The maximum Gasteiger partial charge on any atom is 0.412 e. The van der Waals surface area contributed by atoms with Crippen LogP contribution in [0.25, 0.3) is 65.7 Å². The van der Waals surface area contributed by atoms with Gasteiger partial charge in [-0.15, -0.1) is 11.6 Å². The van der Waals surface area contributed by atoms with E-state index in [2.05, 4.69) is 111 Å². The molecule has 4 aromatic heterocycles. The monoisotopic (exact) mass is 1400 g/mol. The molecule has 13 rings (SSSR count). The average Bonchev–Trinajstić information content (AvgIpc) is 0.807. The lowest BCUT2D eigenvalue weighted by Gasteiger charge is -2.23. The Balaban J connectivity index is 0.000000166. The number of nitrogens with one attached hydrogen (secondary N) is 4. The highest BCUT2D eigenvalue weighted by atomic mass is 79.9. The number of nitrogens with two attached hydrogens (primary N) is 3. The highest BCUT2D eigenvalue weighted by Gasteiger charge is 2.21. The van der Waals surface area contributed by atoms with Crippen molar-refractivity contribution in [3.05, 3.63) is 187 Å². The number of halogens is 2. The largest absolute Gasteiger partial charge is 0.444 e. The van der Waals surface area contributed by atoms with Crippen LogP contribution in [0.15, 0.2) is 187 Å². The summed E-state index contributed by atoms with van der Waals surface area (Å²) in [5, 5.41) is 18.9. The van der Waals surface area contributed by atoms with Crippen LogP contribution >= 0.6 is 27.5 Å². The molecule has 97 heavy (non-hydrogen) atoms. The van der Waals surface area contributed by atoms with E-state index in [-0.39, 0.29) is 0 Å². The molecule has 10 N–H and O–H groups in total. The topological polar surface area (TPSA) is 275 Å². The molecule has 7 heterocycles. The molecule has 10 aromatic rings. The zero-order chi connectivity index (χ0) is 69.3. The van der Waals surface area contributed by atoms with Gasteiger partial charge in [-0.2, -0.15) is 0 Å². The van der Waals surface area contributed by atoms with Gasteiger partial charge in [-0.3, -0.25) is 15.4 Å². The fourth-order valence-corrected chi connectivity index (χ4v) is 10.9. The molecule has 0 radical (unpaired) electrons. The number of anilines is 7. The number of pyridine rings is 4. The number of ketones is 1. The maximum absolute atomic E-state index is 12.3. The lowest BCUT2D eigenvalue weighted by molar-refractivity contribution is -0.124. The Bertz CT molecular complexity index is 4130. The first-order valence-electron chi connectivity index (χ1n) is 32.2. The molecule has 0 aliphatic carbocycles. The molecule has 0 bridgehead atoms. The first-order chi connectivity index (χ1) is 46.7. The number of hydrogen-bond donors (Lipinski definition) is 7. The first kappa shape index (κ1) is 73.4. The minimum atomic E-state index is -0.550. The minimum Gasteiger partial charge on any atom is -0.444 e. The van der Waals surface area contributed by atoms with Crippen LogP contribution in [-0.4, -0.2) is 107 Å². The van der Waals surface area contributed by atoms with Crippen LogP contribution in [0.2, 0.25) is 0 Å². The second-order valence-corrected chi connectivity index (χ2v) is 25.8. The number of alkyl halides is 1. The van der Waals surface area contributed by atoms with Crippen molar-refractivity contribution in [1.29, 1.82) is 0 Å². The number of amides is 2. The quantitative estimate of drug-likeness (QED) is 0.0522. The van der Waals surface area contributed by atoms with Crippen LogP contribution in [0.1, 0.15) is 80.1 Å². The summed E-state index contributed by atoms with van der Waals surface area (Å²) < 4.78 is 27.4. The van der Waals surface area contributed by atoms with E-state index in [4.69, 9.17) is 40.9 Å². The van der Waals surface area contributed by atoms with Gasteiger partial charge in [0, 0.05) is 126 Å². The third-order valence-corrected chi connectivity index (χ3v) is 15.7. The molecule has 3 saturated heterocycles. The zero-order valence-corrected chi connectivity index (χ0v) is 58.3. The van der Waals surface area contributed by atoms with E-state index in [1.165, 1.54) is 6.38 Å². The fraction of sp³-hybridized carbons (Fsp3) is 0.303. The van der Waals surface area contributed by atoms with E-state index in [0.29, 0.717) is 61.2 Å². The highest BCUT2D eigenvalue weighted by molar-refractivity contribution is 9.10.